The number of benzene rings is 7. The van der Waals surface area contributed by atoms with Gasteiger partial charge in [0.25, 0.3) is 0 Å². The summed E-state index contributed by atoms with van der Waals surface area (Å²) in [5.74, 6) is 0. The van der Waals surface area contributed by atoms with Crippen molar-refractivity contribution < 1.29 is 0 Å². The molecule has 0 radical (unpaired) electrons. The van der Waals surface area contributed by atoms with Gasteiger partial charge in [0.2, 0.25) is 0 Å². The molecule has 0 bridgehead atoms. The fraction of sp³-hybridized carbons (Fsp3) is 0. The molecule has 7 aromatic carbocycles. The van der Waals surface area contributed by atoms with Gasteiger partial charge < -0.3 is 9.13 Å². The van der Waals surface area contributed by atoms with Crippen LogP contribution >= 0.6 is 0 Å². The Kier molecular flexibility index (Phi) is 5.54. The predicted octanol–water partition coefficient (Wildman–Crippen LogP) is 11.2. The van der Waals surface area contributed by atoms with E-state index >= 15 is 0 Å². The third kappa shape index (κ3) is 3.68. The Balaban J connectivity index is 1.45. The fourth-order valence-corrected chi connectivity index (χ4v) is 7.05. The molecule has 206 valence electrons. The van der Waals surface area contributed by atoms with Crippen LogP contribution in [0.15, 0.2) is 170 Å². The van der Waals surface area contributed by atoms with E-state index in [1.54, 1.807) is 0 Å². The molecular weight excluding hydrogens is 532 g/mol. The second-order valence-electron chi connectivity index (χ2n) is 11.4. The van der Waals surface area contributed by atoms with Crippen LogP contribution in [0.5, 0.6) is 0 Å². The molecule has 9 rings (SSSR count). The monoisotopic (exact) mass is 560 g/mol. The van der Waals surface area contributed by atoms with E-state index in [4.69, 9.17) is 0 Å². The van der Waals surface area contributed by atoms with E-state index in [1.807, 2.05) is 0 Å². The van der Waals surface area contributed by atoms with Crippen molar-refractivity contribution in [3.63, 3.8) is 0 Å². The standard InChI is InChI=1S/C42H28N2/c1-4-15-29(16-5-1)35-27-37-32-21-10-12-24-38(32)44(31-19-8-3-9-20-31)41(37)28-36(35)33-23-14-26-40-42(33)34-22-11-13-25-39(34)43(40)30-17-6-2-7-18-30/h1-28H. The molecule has 2 heteroatoms. The zero-order valence-corrected chi connectivity index (χ0v) is 24.1. The van der Waals surface area contributed by atoms with Crippen LogP contribution in [0, 0.1) is 0 Å². The van der Waals surface area contributed by atoms with Crippen LogP contribution in [0.2, 0.25) is 0 Å². The van der Waals surface area contributed by atoms with Crippen molar-refractivity contribution in [2.45, 2.75) is 0 Å². The second kappa shape index (κ2) is 9.86. The summed E-state index contributed by atoms with van der Waals surface area (Å²) >= 11 is 0. The number of rotatable bonds is 4. The first-order chi connectivity index (χ1) is 21.9. The van der Waals surface area contributed by atoms with Crippen LogP contribution in [0.3, 0.4) is 0 Å². The second-order valence-corrected chi connectivity index (χ2v) is 11.4. The van der Waals surface area contributed by atoms with Crippen LogP contribution in [-0.4, -0.2) is 9.13 Å². The number of aromatic nitrogens is 2. The molecular formula is C42H28N2. The molecule has 0 saturated carbocycles. The lowest BCUT2D eigenvalue weighted by Crippen LogP contribution is -1.95. The molecule has 2 aromatic heterocycles. The van der Waals surface area contributed by atoms with E-state index in [1.165, 1.54) is 71.6 Å². The molecule has 0 spiro atoms. The maximum atomic E-state index is 2.42. The maximum absolute atomic E-state index is 2.42. The Morgan fingerprint density at radius 1 is 0.295 bits per heavy atom. The Bertz CT molecular complexity index is 2470. The molecule has 0 aliphatic heterocycles. The minimum absolute atomic E-state index is 1.16. The van der Waals surface area contributed by atoms with Crippen molar-refractivity contribution >= 4 is 43.6 Å². The topological polar surface area (TPSA) is 9.86 Å². The molecule has 0 amide bonds. The average Bonchev–Trinajstić information content (AvgIpc) is 3.61. The molecule has 0 aliphatic rings. The summed E-state index contributed by atoms with van der Waals surface area (Å²) < 4.78 is 4.81. The first kappa shape index (κ1) is 24.7. The first-order valence-corrected chi connectivity index (χ1v) is 15.1. The summed E-state index contributed by atoms with van der Waals surface area (Å²) in [5, 5.41) is 5.04. The van der Waals surface area contributed by atoms with Gasteiger partial charge in [-0.05, 0) is 76.9 Å². The van der Waals surface area contributed by atoms with Crippen molar-refractivity contribution in [1.29, 1.82) is 0 Å². The van der Waals surface area contributed by atoms with Gasteiger partial charge in [0.05, 0.1) is 22.1 Å². The third-order valence-electron chi connectivity index (χ3n) is 8.91. The lowest BCUT2D eigenvalue weighted by atomic mass is 9.90. The van der Waals surface area contributed by atoms with E-state index < -0.39 is 0 Å². The lowest BCUT2D eigenvalue weighted by Gasteiger charge is -2.15. The highest BCUT2D eigenvalue weighted by molar-refractivity contribution is 6.19. The van der Waals surface area contributed by atoms with Gasteiger partial charge in [-0.15, -0.1) is 0 Å². The predicted molar refractivity (Wildman–Crippen MR) is 186 cm³/mol. The largest absolute Gasteiger partial charge is 0.309 e. The SMILES string of the molecule is c1ccc(-c2cc3c4ccccc4n(-c4ccccc4)c3cc2-c2cccc3c2c2ccccc2n3-c2ccccc2)cc1. The number of para-hydroxylation sites is 4. The van der Waals surface area contributed by atoms with Crippen molar-refractivity contribution in [3.05, 3.63) is 170 Å². The molecule has 0 saturated heterocycles. The number of hydrogen-bond acceptors (Lipinski definition) is 0. The molecule has 0 aliphatic carbocycles. The van der Waals surface area contributed by atoms with E-state index in [9.17, 15) is 0 Å². The third-order valence-corrected chi connectivity index (χ3v) is 8.91. The Labute approximate surface area is 255 Å². The minimum Gasteiger partial charge on any atom is -0.309 e. The Morgan fingerprint density at radius 2 is 0.818 bits per heavy atom. The quantitative estimate of drug-likeness (QED) is 0.203. The minimum atomic E-state index is 1.16. The van der Waals surface area contributed by atoms with Gasteiger partial charge in [-0.2, -0.15) is 0 Å². The summed E-state index contributed by atoms with van der Waals surface area (Å²) in [5.41, 5.74) is 12.1. The van der Waals surface area contributed by atoms with Crippen LogP contribution in [0.25, 0.3) is 77.2 Å². The molecule has 0 fully saturated rings. The van der Waals surface area contributed by atoms with E-state index in [0.29, 0.717) is 0 Å². The Morgan fingerprint density at radius 3 is 1.50 bits per heavy atom. The van der Waals surface area contributed by atoms with Crippen molar-refractivity contribution in [1.82, 2.24) is 9.13 Å². The van der Waals surface area contributed by atoms with E-state index in [2.05, 4.69) is 179 Å². The molecule has 9 aromatic rings. The highest BCUT2D eigenvalue weighted by atomic mass is 15.0. The zero-order valence-electron chi connectivity index (χ0n) is 24.1. The molecule has 2 heterocycles. The Hall–Kier alpha value is -5.86. The van der Waals surface area contributed by atoms with Gasteiger partial charge in [0.1, 0.15) is 0 Å². The average molecular weight is 561 g/mol. The van der Waals surface area contributed by atoms with Gasteiger partial charge in [-0.1, -0.05) is 115 Å². The summed E-state index contributed by atoms with van der Waals surface area (Å²) in [7, 11) is 0. The van der Waals surface area contributed by atoms with Crippen LogP contribution < -0.4 is 0 Å². The van der Waals surface area contributed by atoms with Crippen LogP contribution in [0.1, 0.15) is 0 Å². The summed E-state index contributed by atoms with van der Waals surface area (Å²) in [4.78, 5) is 0. The normalized spacial score (nSPS) is 11.6. The number of fused-ring (bicyclic) bond motifs is 6. The van der Waals surface area contributed by atoms with Gasteiger partial charge >= 0.3 is 0 Å². The van der Waals surface area contributed by atoms with Crippen molar-refractivity contribution in [2.24, 2.45) is 0 Å². The molecule has 2 nitrogen and oxygen atoms in total. The van der Waals surface area contributed by atoms with Gasteiger partial charge in [0, 0.05) is 32.9 Å². The van der Waals surface area contributed by atoms with Crippen molar-refractivity contribution in [2.75, 3.05) is 0 Å². The maximum Gasteiger partial charge on any atom is 0.0547 e. The van der Waals surface area contributed by atoms with Gasteiger partial charge in [-0.3, -0.25) is 0 Å². The molecule has 0 atom stereocenters. The number of hydrogen-bond donors (Lipinski definition) is 0. The van der Waals surface area contributed by atoms with Crippen molar-refractivity contribution in [3.8, 4) is 33.6 Å². The summed E-state index contributed by atoms with van der Waals surface area (Å²) in [6.07, 6.45) is 0. The summed E-state index contributed by atoms with van der Waals surface area (Å²) in [6.45, 7) is 0. The smallest absolute Gasteiger partial charge is 0.0547 e. The number of nitrogens with zero attached hydrogens (tertiary/aromatic N) is 2. The fourth-order valence-electron chi connectivity index (χ4n) is 7.05. The first-order valence-electron chi connectivity index (χ1n) is 15.1. The van der Waals surface area contributed by atoms with E-state index in [-0.39, 0.29) is 0 Å². The van der Waals surface area contributed by atoms with Gasteiger partial charge in [-0.25, -0.2) is 0 Å². The van der Waals surface area contributed by atoms with Crippen LogP contribution in [0.4, 0.5) is 0 Å². The zero-order chi connectivity index (χ0) is 29.0. The summed E-state index contributed by atoms with van der Waals surface area (Å²) in [6, 6.07) is 61.4. The molecule has 0 N–H and O–H groups in total. The van der Waals surface area contributed by atoms with Gasteiger partial charge in [0.15, 0.2) is 0 Å². The molecule has 44 heavy (non-hydrogen) atoms. The highest BCUT2D eigenvalue weighted by Crippen LogP contribution is 2.45. The highest BCUT2D eigenvalue weighted by Gasteiger charge is 2.21. The molecule has 0 unspecified atom stereocenters. The lowest BCUT2D eigenvalue weighted by molar-refractivity contribution is 1.18. The van der Waals surface area contributed by atoms with E-state index in [0.717, 1.165) is 5.69 Å². The van der Waals surface area contributed by atoms with Crippen LogP contribution in [-0.2, 0) is 0 Å².